The molecule has 4 heteroatoms. The Balaban J connectivity index is 1.39. The summed E-state index contributed by atoms with van der Waals surface area (Å²) in [5, 5.41) is 1.07. The zero-order valence-electron chi connectivity index (χ0n) is 15.1. The second-order valence-corrected chi connectivity index (χ2v) is 7.11. The van der Waals surface area contributed by atoms with Gasteiger partial charge in [0.05, 0.1) is 6.42 Å². The zero-order chi connectivity index (χ0) is 17.9. The van der Waals surface area contributed by atoms with Crippen LogP contribution in [0.3, 0.4) is 0 Å². The summed E-state index contributed by atoms with van der Waals surface area (Å²) in [6.07, 6.45) is 4.20. The van der Waals surface area contributed by atoms with Gasteiger partial charge in [-0.3, -0.25) is 4.79 Å². The molecule has 3 aromatic rings. The first-order valence-corrected chi connectivity index (χ1v) is 9.24. The average Bonchev–Trinajstić information content (AvgIpc) is 2.68. The lowest BCUT2D eigenvalue weighted by atomic mass is 9.92. The molecule has 0 saturated carbocycles. The highest BCUT2D eigenvalue weighted by molar-refractivity contribution is 5.79. The first-order valence-electron chi connectivity index (χ1n) is 9.24. The highest BCUT2D eigenvalue weighted by Gasteiger charge is 2.24. The second-order valence-electron chi connectivity index (χ2n) is 7.11. The highest BCUT2D eigenvalue weighted by Crippen LogP contribution is 2.28. The molecule has 0 bridgehead atoms. The van der Waals surface area contributed by atoms with Gasteiger partial charge in [-0.1, -0.05) is 29.8 Å². The van der Waals surface area contributed by atoms with Gasteiger partial charge < -0.3 is 4.90 Å². The van der Waals surface area contributed by atoms with E-state index < -0.39 is 0 Å². The number of pyridine rings is 2. The fraction of sp³-hybridized carbons (Fsp3) is 0.318. The molecule has 0 atom stereocenters. The predicted octanol–water partition coefficient (Wildman–Crippen LogP) is 3.89. The van der Waals surface area contributed by atoms with Gasteiger partial charge in [0.25, 0.3) is 0 Å². The number of fused-ring (bicyclic) bond motifs is 1. The van der Waals surface area contributed by atoms with Gasteiger partial charge in [0.1, 0.15) is 0 Å². The molecular formula is C22H23N3O. The van der Waals surface area contributed by atoms with Crippen LogP contribution in [-0.2, 0) is 11.2 Å². The van der Waals surface area contributed by atoms with Gasteiger partial charge in [-0.2, -0.15) is 0 Å². The molecule has 4 nitrogen and oxygen atoms in total. The van der Waals surface area contributed by atoms with Crippen molar-refractivity contribution in [1.82, 2.24) is 14.9 Å². The van der Waals surface area contributed by atoms with Crippen LogP contribution in [0.5, 0.6) is 0 Å². The van der Waals surface area contributed by atoms with E-state index in [1.165, 1.54) is 5.56 Å². The monoisotopic (exact) mass is 345 g/mol. The first-order chi connectivity index (χ1) is 12.7. The number of carbonyl (C=O) groups excluding carboxylic acids is 1. The molecule has 26 heavy (non-hydrogen) atoms. The molecule has 0 radical (unpaired) electrons. The van der Waals surface area contributed by atoms with E-state index in [-0.39, 0.29) is 5.91 Å². The minimum atomic E-state index is 0.224. The van der Waals surface area contributed by atoms with E-state index in [2.05, 4.69) is 36.2 Å². The van der Waals surface area contributed by atoms with Crippen molar-refractivity contribution in [1.29, 1.82) is 0 Å². The molecule has 1 aliphatic rings. The smallest absolute Gasteiger partial charge is 0.226 e. The molecule has 0 unspecified atom stereocenters. The number of benzene rings is 1. The maximum Gasteiger partial charge on any atom is 0.226 e. The fourth-order valence-electron chi connectivity index (χ4n) is 3.73. The summed E-state index contributed by atoms with van der Waals surface area (Å²) in [7, 11) is 0. The Morgan fingerprint density at radius 1 is 1.12 bits per heavy atom. The SMILES string of the molecule is Cc1cccc(CC(=O)N2CCC(c3ccc4cccnc4n3)CC2)c1. The van der Waals surface area contributed by atoms with Crippen LogP contribution >= 0.6 is 0 Å². The summed E-state index contributed by atoms with van der Waals surface area (Å²) in [5.41, 5.74) is 4.20. The van der Waals surface area contributed by atoms with Gasteiger partial charge >= 0.3 is 0 Å². The van der Waals surface area contributed by atoms with Gasteiger partial charge in [0.2, 0.25) is 5.91 Å². The molecule has 1 aliphatic heterocycles. The Kier molecular flexibility index (Phi) is 4.65. The summed E-state index contributed by atoms with van der Waals surface area (Å²) in [5.74, 6) is 0.631. The fourth-order valence-corrected chi connectivity index (χ4v) is 3.73. The van der Waals surface area contributed by atoms with E-state index >= 15 is 0 Å². The quantitative estimate of drug-likeness (QED) is 0.723. The third-order valence-corrected chi connectivity index (χ3v) is 5.19. The summed E-state index contributed by atoms with van der Waals surface area (Å²) in [6.45, 7) is 3.67. The Labute approximate surface area is 153 Å². The minimum absolute atomic E-state index is 0.224. The molecule has 1 amide bonds. The maximum atomic E-state index is 12.6. The van der Waals surface area contributed by atoms with E-state index in [0.717, 1.165) is 48.2 Å². The van der Waals surface area contributed by atoms with Crippen molar-refractivity contribution in [2.75, 3.05) is 13.1 Å². The van der Waals surface area contributed by atoms with Crippen molar-refractivity contribution in [2.45, 2.75) is 32.1 Å². The Morgan fingerprint density at radius 3 is 2.77 bits per heavy atom. The number of carbonyl (C=O) groups is 1. The largest absolute Gasteiger partial charge is 0.342 e. The van der Waals surface area contributed by atoms with Crippen LogP contribution in [0.15, 0.2) is 54.7 Å². The van der Waals surface area contributed by atoms with Crippen molar-refractivity contribution in [3.8, 4) is 0 Å². The molecule has 4 rings (SSSR count). The van der Waals surface area contributed by atoms with Gasteiger partial charge in [-0.25, -0.2) is 9.97 Å². The van der Waals surface area contributed by atoms with E-state index in [0.29, 0.717) is 12.3 Å². The highest BCUT2D eigenvalue weighted by atomic mass is 16.2. The predicted molar refractivity (Wildman–Crippen MR) is 103 cm³/mol. The Morgan fingerprint density at radius 2 is 1.96 bits per heavy atom. The van der Waals surface area contributed by atoms with Crippen molar-refractivity contribution in [3.05, 3.63) is 71.5 Å². The van der Waals surface area contributed by atoms with E-state index in [9.17, 15) is 4.79 Å². The summed E-state index contributed by atoms with van der Waals surface area (Å²) >= 11 is 0. The molecule has 1 aromatic carbocycles. The van der Waals surface area contributed by atoms with Crippen LogP contribution in [0.1, 0.15) is 35.6 Å². The summed E-state index contributed by atoms with van der Waals surface area (Å²) in [6, 6.07) is 16.4. The van der Waals surface area contributed by atoms with E-state index in [1.807, 2.05) is 29.2 Å². The minimum Gasteiger partial charge on any atom is -0.342 e. The van der Waals surface area contributed by atoms with Crippen LogP contribution in [0.4, 0.5) is 0 Å². The normalized spacial score (nSPS) is 15.3. The first kappa shape index (κ1) is 16.7. The van der Waals surface area contributed by atoms with Crippen molar-refractivity contribution in [2.24, 2.45) is 0 Å². The number of nitrogens with zero attached hydrogens (tertiary/aromatic N) is 3. The third-order valence-electron chi connectivity index (χ3n) is 5.19. The lowest BCUT2D eigenvalue weighted by Gasteiger charge is -2.32. The van der Waals surface area contributed by atoms with Crippen LogP contribution in [0, 0.1) is 6.92 Å². The number of aryl methyl sites for hydroxylation is 1. The van der Waals surface area contributed by atoms with Gasteiger partial charge in [0, 0.05) is 36.3 Å². The lowest BCUT2D eigenvalue weighted by Crippen LogP contribution is -2.38. The molecule has 0 N–H and O–H groups in total. The molecular weight excluding hydrogens is 322 g/mol. The van der Waals surface area contributed by atoms with Crippen LogP contribution < -0.4 is 0 Å². The second kappa shape index (κ2) is 7.24. The zero-order valence-corrected chi connectivity index (χ0v) is 15.1. The van der Waals surface area contributed by atoms with Crippen molar-refractivity contribution >= 4 is 16.9 Å². The number of hydrogen-bond donors (Lipinski definition) is 0. The molecule has 1 saturated heterocycles. The number of rotatable bonds is 3. The lowest BCUT2D eigenvalue weighted by molar-refractivity contribution is -0.131. The molecule has 3 heterocycles. The third kappa shape index (κ3) is 3.59. The van der Waals surface area contributed by atoms with Crippen molar-refractivity contribution in [3.63, 3.8) is 0 Å². The Hall–Kier alpha value is -2.75. The summed E-state index contributed by atoms with van der Waals surface area (Å²) in [4.78, 5) is 23.7. The van der Waals surface area contributed by atoms with Crippen molar-refractivity contribution < 1.29 is 4.79 Å². The molecule has 2 aromatic heterocycles. The molecule has 1 fully saturated rings. The number of hydrogen-bond acceptors (Lipinski definition) is 3. The van der Waals surface area contributed by atoms with Crippen LogP contribution in [0.2, 0.25) is 0 Å². The van der Waals surface area contributed by atoms with Crippen LogP contribution in [-0.4, -0.2) is 33.9 Å². The maximum absolute atomic E-state index is 12.6. The Bertz CT molecular complexity index is 929. The number of piperidine rings is 1. The van der Waals surface area contributed by atoms with Gasteiger partial charge in [0.15, 0.2) is 5.65 Å². The number of likely N-dealkylation sites (tertiary alicyclic amines) is 1. The molecule has 0 spiro atoms. The van der Waals surface area contributed by atoms with Gasteiger partial charge in [-0.05, 0) is 49.6 Å². The number of amides is 1. The summed E-state index contributed by atoms with van der Waals surface area (Å²) < 4.78 is 0. The molecule has 132 valence electrons. The average molecular weight is 345 g/mol. The van der Waals surface area contributed by atoms with Crippen LogP contribution in [0.25, 0.3) is 11.0 Å². The topological polar surface area (TPSA) is 46.1 Å². The van der Waals surface area contributed by atoms with E-state index in [4.69, 9.17) is 4.98 Å². The standard InChI is InChI=1S/C22H23N3O/c1-16-4-2-5-17(14-16)15-21(26)25-12-9-18(10-13-25)20-8-7-19-6-3-11-23-22(19)24-20/h2-8,11,14,18H,9-10,12-13,15H2,1H3. The number of aromatic nitrogens is 2. The van der Waals surface area contributed by atoms with Gasteiger partial charge in [-0.15, -0.1) is 0 Å². The molecule has 0 aliphatic carbocycles. The van der Waals surface area contributed by atoms with E-state index in [1.54, 1.807) is 6.20 Å².